The number of halogens is 1. The molecule has 5 N–H and O–H groups in total. The van der Waals surface area contributed by atoms with Gasteiger partial charge in [0, 0.05) is 6.20 Å². The van der Waals surface area contributed by atoms with E-state index >= 15 is 4.39 Å². The summed E-state index contributed by atoms with van der Waals surface area (Å²) in [5, 5.41) is 20.5. The first-order chi connectivity index (χ1) is 13.6. The molecule has 0 unspecified atom stereocenters. The number of H-pyrrole nitrogens is 1. The first kappa shape index (κ1) is 17.0. The number of alkyl halides is 1. The van der Waals surface area contributed by atoms with Crippen molar-refractivity contribution in [2.45, 2.75) is 44.2 Å². The first-order valence-electron chi connectivity index (χ1n) is 9.19. The number of nitrogens with zero attached hydrogens (tertiary/aromatic N) is 1. The van der Waals surface area contributed by atoms with Gasteiger partial charge < -0.3 is 25.4 Å². The topological polar surface area (TPSA) is 140 Å². The number of hydrogen-bond acceptors (Lipinski definition) is 8. The molecule has 2 rings (SSSR count). The highest BCUT2D eigenvalue weighted by Crippen LogP contribution is 2.38. The highest BCUT2D eigenvalue weighted by Gasteiger charge is 2.57. The van der Waals surface area contributed by atoms with Crippen molar-refractivity contribution in [3.8, 4) is 12.3 Å². The van der Waals surface area contributed by atoms with Crippen LogP contribution in [0, 0.1) is 23.0 Å². The fourth-order valence-electron chi connectivity index (χ4n) is 2.08. The lowest BCUT2D eigenvalue weighted by Crippen LogP contribution is -2.46. The summed E-state index contributed by atoms with van der Waals surface area (Å²) in [4.78, 5) is 25.8. The van der Waals surface area contributed by atoms with Crippen LogP contribution in [-0.2, 0) is 14.3 Å². The van der Waals surface area contributed by atoms with Gasteiger partial charge in [-0.2, -0.15) is 0 Å². The predicted octanol–water partition coefficient (Wildman–Crippen LogP) is -0.670. The fourth-order valence-corrected chi connectivity index (χ4v) is 2.32. The van der Waals surface area contributed by atoms with Crippen molar-refractivity contribution in [1.29, 1.82) is 0 Å². The molecule has 0 spiro atoms. The first-order valence-corrected chi connectivity index (χ1v) is 8.10. The number of esters is 1. The third-order valence-electron chi connectivity index (χ3n) is 3.80. The smallest absolute Gasteiger partial charge is 0.323 e. The number of nitrogens with two attached hydrogens (primary N) is 1. The molecule has 1 fully saturated rings. The van der Waals surface area contributed by atoms with E-state index in [1.54, 1.807) is 0 Å². The van der Waals surface area contributed by atoms with Gasteiger partial charge in [0.25, 0.3) is 11.4 Å². The van der Waals surface area contributed by atoms with Gasteiger partial charge in [-0.25, -0.2) is 4.39 Å². The van der Waals surface area contributed by atoms with Crippen LogP contribution in [-0.4, -0.2) is 56.4 Å². The van der Waals surface area contributed by atoms with Gasteiger partial charge in [-0.15, -0.1) is 6.42 Å². The fraction of sp³-hybridized carbons (Fsp3) is 0.562. The number of ether oxygens (including phenoxy) is 2. The molecule has 0 aliphatic carbocycles. The van der Waals surface area contributed by atoms with Crippen molar-refractivity contribution in [2.75, 3.05) is 6.56 Å². The Morgan fingerprint density at radius 3 is 2.93 bits per heavy atom. The average molecular weight is 404 g/mol. The second-order valence-corrected chi connectivity index (χ2v) is 6.47. The Kier molecular flexibility index (Phi) is 4.97. The number of hydrogen-bond donors (Lipinski definition) is 4. The SMILES string of the molecule is [2H]C([2H])(OC(=O)[C@@H](N)C(C)C)[C@@]1(F)O[C@@]([2H])(n2cc(C#C)c(=O)[nH]c2=S)[C@H](O)[C@@H]1O. The zero-order chi connectivity index (χ0) is 23.2. The molecule has 1 aromatic rings. The third kappa shape index (κ3) is 4.10. The largest absolute Gasteiger partial charge is 0.458 e. The summed E-state index contributed by atoms with van der Waals surface area (Å²) in [7, 11) is 0. The molecular formula is C16H20FN3O6S. The van der Waals surface area contributed by atoms with Crippen LogP contribution in [0.1, 0.15) is 29.7 Å². The lowest BCUT2D eigenvalue weighted by Gasteiger charge is -2.24. The van der Waals surface area contributed by atoms with E-state index < -0.39 is 59.1 Å². The second-order valence-electron chi connectivity index (χ2n) is 6.08. The molecule has 1 aliphatic rings. The van der Waals surface area contributed by atoms with E-state index in [2.05, 4.69) is 9.72 Å². The third-order valence-corrected chi connectivity index (χ3v) is 4.10. The van der Waals surface area contributed by atoms with Crippen molar-refractivity contribution in [1.82, 2.24) is 9.55 Å². The maximum absolute atomic E-state index is 15.5. The quantitative estimate of drug-likeness (QED) is 0.288. The summed E-state index contributed by atoms with van der Waals surface area (Å²) in [5.41, 5.74) is 4.38. The number of aromatic amines is 1. The molecule has 27 heavy (non-hydrogen) atoms. The molecule has 11 heteroatoms. The summed E-state index contributed by atoms with van der Waals surface area (Å²) in [6.45, 7) is -0.612. The van der Waals surface area contributed by atoms with Gasteiger partial charge in [-0.1, -0.05) is 19.8 Å². The van der Waals surface area contributed by atoms with Crippen LogP contribution >= 0.6 is 12.2 Å². The van der Waals surface area contributed by atoms with E-state index in [1.165, 1.54) is 13.8 Å². The molecule has 0 bridgehead atoms. The molecular weight excluding hydrogens is 381 g/mol. The zero-order valence-electron chi connectivity index (χ0n) is 17.3. The summed E-state index contributed by atoms with van der Waals surface area (Å²) in [6, 6.07) is -1.32. The Bertz CT molecular complexity index is 1010. The maximum Gasteiger partial charge on any atom is 0.323 e. The van der Waals surface area contributed by atoms with Crippen LogP contribution in [0.2, 0.25) is 0 Å². The monoisotopic (exact) mass is 404 g/mol. The van der Waals surface area contributed by atoms with E-state index in [0.29, 0.717) is 4.57 Å². The summed E-state index contributed by atoms with van der Waals surface area (Å²) in [5.74, 6) is -3.75. The summed E-state index contributed by atoms with van der Waals surface area (Å²) in [6.07, 6.45) is -2.18. The Morgan fingerprint density at radius 1 is 1.74 bits per heavy atom. The second kappa shape index (κ2) is 7.87. The van der Waals surface area contributed by atoms with Crippen LogP contribution in [0.25, 0.3) is 0 Å². The number of aliphatic hydroxyl groups is 2. The van der Waals surface area contributed by atoms with E-state index in [9.17, 15) is 19.8 Å². The predicted molar refractivity (Wildman–Crippen MR) is 93.6 cm³/mol. The van der Waals surface area contributed by atoms with Gasteiger partial charge in [0.05, 0.1) is 4.11 Å². The maximum atomic E-state index is 15.5. The highest BCUT2D eigenvalue weighted by atomic mass is 32.1. The molecule has 0 aromatic carbocycles. The average Bonchev–Trinajstić information content (AvgIpc) is 2.82. The molecule has 2 heterocycles. The van der Waals surface area contributed by atoms with Crippen LogP contribution in [0.4, 0.5) is 4.39 Å². The number of rotatable bonds is 5. The van der Waals surface area contributed by atoms with Crippen LogP contribution < -0.4 is 11.3 Å². The van der Waals surface area contributed by atoms with Gasteiger partial charge in [-0.05, 0) is 18.1 Å². The minimum absolute atomic E-state index is 0.366. The molecule has 1 aromatic heterocycles. The minimum Gasteiger partial charge on any atom is -0.458 e. The van der Waals surface area contributed by atoms with Gasteiger partial charge in [0.1, 0.15) is 23.8 Å². The van der Waals surface area contributed by atoms with Gasteiger partial charge in [-0.3, -0.25) is 19.1 Å². The van der Waals surface area contributed by atoms with Crippen molar-refractivity contribution in [3.05, 3.63) is 26.9 Å². The van der Waals surface area contributed by atoms with Gasteiger partial charge in [0.2, 0.25) is 0 Å². The van der Waals surface area contributed by atoms with E-state index in [0.717, 1.165) is 6.20 Å². The van der Waals surface area contributed by atoms with Crippen molar-refractivity contribution >= 4 is 18.2 Å². The molecule has 0 radical (unpaired) electrons. The van der Waals surface area contributed by atoms with E-state index in [1.807, 2.05) is 5.92 Å². The molecule has 0 saturated carbocycles. The lowest BCUT2D eigenvalue weighted by molar-refractivity contribution is -0.217. The standard InChI is InChI=1S/C16H20FN3O6S/c1-4-8-5-20(15(27)19-12(8)23)13-10(21)11(22)16(17,26-13)6-25-14(24)9(18)7(2)3/h1,5,7,9-11,13,21-22H,6,18H2,2-3H3,(H,19,23,27)/t9-,10+,11-,13+,16+/m0/s1/i6D2,13D. The van der Waals surface area contributed by atoms with Crippen molar-refractivity contribution in [2.24, 2.45) is 11.7 Å². The normalized spacial score (nSPS) is 33.6. The molecule has 1 aliphatic heterocycles. The zero-order valence-corrected chi connectivity index (χ0v) is 15.1. The Hall–Kier alpha value is -2.10. The van der Waals surface area contributed by atoms with E-state index in [4.69, 9.17) is 33.2 Å². The number of terminal acetylenes is 1. The van der Waals surface area contributed by atoms with Crippen LogP contribution in [0.3, 0.4) is 0 Å². The Labute approximate surface area is 163 Å². The lowest BCUT2D eigenvalue weighted by atomic mass is 10.1. The van der Waals surface area contributed by atoms with Gasteiger partial charge in [0.15, 0.2) is 17.5 Å². The number of aromatic nitrogens is 2. The van der Waals surface area contributed by atoms with Crippen molar-refractivity contribution in [3.63, 3.8) is 0 Å². The Balaban J connectivity index is 2.52. The van der Waals surface area contributed by atoms with Crippen LogP contribution in [0.15, 0.2) is 11.0 Å². The summed E-state index contributed by atoms with van der Waals surface area (Å²) >= 11 is 4.88. The number of nitrogens with one attached hydrogen (secondary N) is 1. The Morgan fingerprint density at radius 2 is 2.37 bits per heavy atom. The highest BCUT2D eigenvalue weighted by molar-refractivity contribution is 7.71. The molecule has 148 valence electrons. The van der Waals surface area contributed by atoms with Gasteiger partial charge >= 0.3 is 5.97 Å². The van der Waals surface area contributed by atoms with Crippen LogP contribution in [0.5, 0.6) is 0 Å². The summed E-state index contributed by atoms with van der Waals surface area (Å²) < 4.78 is 48.7. The molecule has 9 nitrogen and oxygen atoms in total. The minimum atomic E-state index is -3.91. The van der Waals surface area contributed by atoms with E-state index in [-0.39, 0.29) is 5.56 Å². The van der Waals surface area contributed by atoms with Crippen molar-refractivity contribution < 1.29 is 33.0 Å². The number of carbonyl (C=O) groups excluding carboxylic acids is 1. The molecule has 0 amide bonds. The number of carbonyl (C=O) groups is 1. The molecule has 5 atom stereocenters. The number of aliphatic hydroxyl groups excluding tert-OH is 2. The molecule has 1 saturated heterocycles.